The lowest BCUT2D eigenvalue weighted by atomic mass is 10.1. The molecule has 4 rings (SSSR count). The minimum absolute atomic E-state index is 0.151. The maximum atomic E-state index is 14.4. The highest BCUT2D eigenvalue weighted by Crippen LogP contribution is 2.23. The summed E-state index contributed by atoms with van der Waals surface area (Å²) in [4.78, 5) is 20.6. The number of hydrogen-bond acceptors (Lipinski definition) is 5. The van der Waals surface area contributed by atoms with E-state index in [9.17, 15) is 9.18 Å². The van der Waals surface area contributed by atoms with Gasteiger partial charge in [-0.1, -0.05) is 13.8 Å². The Balaban J connectivity index is 1.67. The third-order valence-electron chi connectivity index (χ3n) is 4.35. The molecule has 0 aliphatic carbocycles. The number of benzene rings is 1. The molecular weight excluding hydrogens is 361 g/mol. The van der Waals surface area contributed by atoms with Crippen molar-refractivity contribution in [2.75, 3.05) is 5.32 Å². The number of carbonyl (C=O) groups is 1. The van der Waals surface area contributed by atoms with Crippen molar-refractivity contribution in [2.24, 2.45) is 0 Å². The molecule has 0 saturated carbocycles. The van der Waals surface area contributed by atoms with E-state index >= 15 is 0 Å². The molecule has 0 aliphatic rings. The van der Waals surface area contributed by atoms with Gasteiger partial charge in [-0.15, -0.1) is 5.10 Å². The summed E-state index contributed by atoms with van der Waals surface area (Å²) in [5, 5.41) is 7.85. The number of nitrogens with zero attached hydrogens (tertiary/aromatic N) is 4. The van der Waals surface area contributed by atoms with E-state index in [1.165, 1.54) is 29.1 Å². The minimum Gasteiger partial charge on any atom is -0.448 e. The van der Waals surface area contributed by atoms with E-state index in [-0.39, 0.29) is 11.4 Å². The number of pyridine rings is 1. The summed E-state index contributed by atoms with van der Waals surface area (Å²) in [6, 6.07) is 6.25. The number of aromatic nitrogens is 4. The molecule has 142 valence electrons. The number of carbonyl (C=O) groups excluding carboxylic acids is 1. The highest BCUT2D eigenvalue weighted by Gasteiger charge is 2.14. The number of anilines is 1. The lowest BCUT2D eigenvalue weighted by molar-refractivity contribution is 0.102. The van der Waals surface area contributed by atoms with E-state index in [0.717, 1.165) is 10.9 Å². The molecule has 1 N–H and O–H groups in total. The standard InChI is InChI=1S/C20H18FN5O2/c1-11(2)13-6-14-9-26(25-19(14)22-8-13)18-7-15(4-5-16(18)21)24-20(27)17-10-28-12(3)23-17/h4-11H,1-3H3,(H,24,27). The SMILES string of the molecule is Cc1nc(C(=O)Nc2ccc(F)c(-n3cc4cc(C(C)C)cnc4n3)c2)co1. The van der Waals surface area contributed by atoms with Crippen molar-refractivity contribution in [3.63, 3.8) is 0 Å². The fourth-order valence-electron chi connectivity index (χ4n) is 2.80. The van der Waals surface area contributed by atoms with Crippen LogP contribution in [0.4, 0.5) is 10.1 Å². The molecule has 7 nitrogen and oxygen atoms in total. The summed E-state index contributed by atoms with van der Waals surface area (Å²) in [6.45, 7) is 5.80. The van der Waals surface area contributed by atoms with Crippen molar-refractivity contribution in [1.29, 1.82) is 0 Å². The van der Waals surface area contributed by atoms with Gasteiger partial charge in [0.2, 0.25) is 0 Å². The highest BCUT2D eigenvalue weighted by molar-refractivity contribution is 6.02. The van der Waals surface area contributed by atoms with Crippen LogP contribution in [0.25, 0.3) is 16.7 Å². The van der Waals surface area contributed by atoms with Crippen molar-refractivity contribution >= 4 is 22.6 Å². The highest BCUT2D eigenvalue weighted by atomic mass is 19.1. The Morgan fingerprint density at radius 2 is 2.11 bits per heavy atom. The van der Waals surface area contributed by atoms with Gasteiger partial charge in [-0.25, -0.2) is 19.0 Å². The zero-order valence-corrected chi connectivity index (χ0v) is 15.6. The van der Waals surface area contributed by atoms with E-state index in [2.05, 4.69) is 34.2 Å². The fraction of sp³-hybridized carbons (Fsp3) is 0.200. The first-order valence-electron chi connectivity index (χ1n) is 8.79. The summed E-state index contributed by atoms with van der Waals surface area (Å²) in [5.41, 5.74) is 2.38. The molecule has 0 atom stereocenters. The molecule has 0 aliphatic heterocycles. The summed E-state index contributed by atoms with van der Waals surface area (Å²) in [6.07, 6.45) is 4.77. The summed E-state index contributed by atoms with van der Waals surface area (Å²) < 4.78 is 20.9. The summed E-state index contributed by atoms with van der Waals surface area (Å²) in [7, 11) is 0. The molecule has 8 heteroatoms. The topological polar surface area (TPSA) is 85.8 Å². The first-order chi connectivity index (χ1) is 13.4. The van der Waals surface area contributed by atoms with Crippen LogP contribution >= 0.6 is 0 Å². The number of amides is 1. The van der Waals surface area contributed by atoms with Crippen LogP contribution in [0, 0.1) is 12.7 Å². The summed E-state index contributed by atoms with van der Waals surface area (Å²) >= 11 is 0. The van der Waals surface area contributed by atoms with E-state index < -0.39 is 11.7 Å². The Hall–Kier alpha value is -3.55. The quantitative estimate of drug-likeness (QED) is 0.573. The molecule has 0 unspecified atom stereocenters. The maximum absolute atomic E-state index is 14.4. The second-order valence-electron chi connectivity index (χ2n) is 6.78. The molecule has 3 aromatic heterocycles. The molecule has 0 radical (unpaired) electrons. The molecule has 1 amide bonds. The van der Waals surface area contributed by atoms with Gasteiger partial charge < -0.3 is 9.73 Å². The van der Waals surface area contributed by atoms with E-state index in [4.69, 9.17) is 4.42 Å². The van der Waals surface area contributed by atoms with Crippen LogP contribution in [0.2, 0.25) is 0 Å². The van der Waals surface area contributed by atoms with Gasteiger partial charge in [-0.05, 0) is 35.7 Å². The van der Waals surface area contributed by atoms with E-state index in [1.54, 1.807) is 19.3 Å². The van der Waals surface area contributed by atoms with Crippen molar-refractivity contribution in [3.05, 3.63) is 65.9 Å². The first kappa shape index (κ1) is 17.8. The van der Waals surface area contributed by atoms with Crippen LogP contribution in [0.5, 0.6) is 0 Å². The van der Waals surface area contributed by atoms with Crippen LogP contribution in [-0.4, -0.2) is 25.7 Å². The number of rotatable bonds is 4. The van der Waals surface area contributed by atoms with Crippen molar-refractivity contribution in [1.82, 2.24) is 19.7 Å². The predicted molar refractivity (Wildman–Crippen MR) is 102 cm³/mol. The molecule has 0 bridgehead atoms. The van der Waals surface area contributed by atoms with Crippen LogP contribution in [0.1, 0.15) is 41.7 Å². The predicted octanol–water partition coefficient (Wildman–Crippen LogP) is 4.23. The van der Waals surface area contributed by atoms with Gasteiger partial charge in [0.05, 0.1) is 0 Å². The fourth-order valence-corrected chi connectivity index (χ4v) is 2.80. The van der Waals surface area contributed by atoms with Crippen LogP contribution < -0.4 is 5.32 Å². The van der Waals surface area contributed by atoms with Crippen molar-refractivity contribution in [2.45, 2.75) is 26.7 Å². The summed E-state index contributed by atoms with van der Waals surface area (Å²) in [5.74, 6) is -0.187. The maximum Gasteiger partial charge on any atom is 0.277 e. The lowest BCUT2D eigenvalue weighted by Crippen LogP contribution is -2.13. The monoisotopic (exact) mass is 379 g/mol. The van der Waals surface area contributed by atoms with Gasteiger partial charge >= 0.3 is 0 Å². The lowest BCUT2D eigenvalue weighted by Gasteiger charge is -2.07. The second-order valence-corrected chi connectivity index (χ2v) is 6.78. The zero-order valence-electron chi connectivity index (χ0n) is 15.6. The molecule has 0 saturated heterocycles. The molecule has 3 heterocycles. The number of hydrogen-bond donors (Lipinski definition) is 1. The molecule has 0 spiro atoms. The molecule has 0 fully saturated rings. The molecule has 28 heavy (non-hydrogen) atoms. The Kier molecular flexibility index (Phi) is 4.38. The van der Waals surface area contributed by atoms with Crippen LogP contribution in [0.15, 0.2) is 47.3 Å². The van der Waals surface area contributed by atoms with Gasteiger partial charge in [0.1, 0.15) is 17.8 Å². The van der Waals surface area contributed by atoms with E-state index in [0.29, 0.717) is 23.1 Å². The third kappa shape index (κ3) is 3.36. The largest absolute Gasteiger partial charge is 0.448 e. The molecule has 1 aromatic carbocycles. The van der Waals surface area contributed by atoms with Gasteiger partial charge in [0.25, 0.3) is 5.91 Å². The van der Waals surface area contributed by atoms with Crippen LogP contribution in [-0.2, 0) is 0 Å². The number of oxazole rings is 1. The first-order valence-corrected chi connectivity index (χ1v) is 8.79. The third-order valence-corrected chi connectivity index (χ3v) is 4.35. The van der Waals surface area contributed by atoms with Crippen molar-refractivity contribution < 1.29 is 13.6 Å². The number of nitrogens with one attached hydrogen (secondary N) is 1. The number of fused-ring (bicyclic) bond motifs is 1. The van der Waals surface area contributed by atoms with Gasteiger partial charge in [-0.3, -0.25) is 4.79 Å². The second kappa shape index (κ2) is 6.88. The van der Waals surface area contributed by atoms with Crippen molar-refractivity contribution in [3.8, 4) is 5.69 Å². The Morgan fingerprint density at radius 3 is 2.82 bits per heavy atom. The minimum atomic E-state index is -0.466. The van der Waals surface area contributed by atoms with Gasteiger partial charge in [-0.2, -0.15) is 0 Å². The molecular formula is C20H18FN5O2. The Bertz CT molecular complexity index is 1180. The number of aryl methyl sites for hydroxylation is 1. The Labute approximate surface area is 160 Å². The Morgan fingerprint density at radius 1 is 1.29 bits per heavy atom. The average Bonchev–Trinajstić information content (AvgIpc) is 3.28. The normalized spacial score (nSPS) is 11.3. The zero-order chi connectivity index (χ0) is 19.8. The van der Waals surface area contributed by atoms with Crippen LogP contribution in [0.3, 0.4) is 0 Å². The van der Waals surface area contributed by atoms with Gasteiger partial charge in [0.15, 0.2) is 17.2 Å². The smallest absolute Gasteiger partial charge is 0.277 e. The van der Waals surface area contributed by atoms with E-state index in [1.807, 2.05) is 6.07 Å². The molecule has 4 aromatic rings. The van der Waals surface area contributed by atoms with Gasteiger partial charge in [0, 0.05) is 30.4 Å². The average molecular weight is 379 g/mol. The number of halogens is 1.